The highest BCUT2D eigenvalue weighted by Crippen LogP contribution is 2.21. The Morgan fingerprint density at radius 3 is 2.60 bits per heavy atom. The number of aliphatic hydroxyl groups excluding tert-OH is 1. The molecule has 5 heteroatoms. The minimum Gasteiger partial charge on any atom is -0.388 e. The topological polar surface area (TPSA) is 49.3 Å². The van der Waals surface area contributed by atoms with Gasteiger partial charge in [0.25, 0.3) is 0 Å². The second-order valence-electron chi connectivity index (χ2n) is 4.30. The molecule has 2 N–H and O–H groups in total. The Labute approximate surface area is 124 Å². The zero-order valence-electron chi connectivity index (χ0n) is 10.5. The molecule has 2 aromatic carbocycles. The quantitative estimate of drug-likeness (QED) is 0.894. The first-order valence-electron chi connectivity index (χ1n) is 6.04. The first kappa shape index (κ1) is 14.7. The van der Waals surface area contributed by atoms with Gasteiger partial charge in [-0.05, 0) is 23.8 Å². The molecular formula is C15H13BrFNO2. The molecule has 20 heavy (non-hydrogen) atoms. The van der Waals surface area contributed by atoms with Crippen molar-refractivity contribution in [1.29, 1.82) is 0 Å². The molecule has 1 amide bonds. The molecule has 0 saturated carbocycles. The van der Waals surface area contributed by atoms with Gasteiger partial charge in [-0.25, -0.2) is 4.39 Å². The minimum absolute atomic E-state index is 0.0958. The van der Waals surface area contributed by atoms with Crippen LogP contribution in [0.3, 0.4) is 0 Å². The fourth-order valence-electron chi connectivity index (χ4n) is 1.76. The summed E-state index contributed by atoms with van der Waals surface area (Å²) < 4.78 is 14.2. The van der Waals surface area contributed by atoms with Crippen molar-refractivity contribution >= 4 is 27.5 Å². The number of halogens is 2. The molecule has 0 fully saturated rings. The van der Waals surface area contributed by atoms with E-state index >= 15 is 0 Å². The van der Waals surface area contributed by atoms with Crippen LogP contribution < -0.4 is 5.32 Å². The first-order chi connectivity index (χ1) is 9.56. The lowest BCUT2D eigenvalue weighted by Gasteiger charge is -2.11. The number of amides is 1. The number of benzene rings is 2. The fraction of sp³-hybridized carbons (Fsp3) is 0.133. The lowest BCUT2D eigenvalue weighted by atomic mass is 10.1. The summed E-state index contributed by atoms with van der Waals surface area (Å²) in [6.07, 6.45) is -1.03. The molecule has 0 bridgehead atoms. The highest BCUT2D eigenvalue weighted by atomic mass is 79.9. The maximum absolute atomic E-state index is 13.6. The Balaban J connectivity index is 1.99. The molecule has 0 spiro atoms. The summed E-state index contributed by atoms with van der Waals surface area (Å²) in [4.78, 5) is 11.8. The Hall–Kier alpha value is -1.72. The molecule has 0 aromatic heterocycles. The van der Waals surface area contributed by atoms with Crippen LogP contribution in [0.4, 0.5) is 10.1 Å². The van der Waals surface area contributed by atoms with Crippen molar-refractivity contribution in [2.24, 2.45) is 0 Å². The highest BCUT2D eigenvalue weighted by molar-refractivity contribution is 9.10. The largest absolute Gasteiger partial charge is 0.388 e. The van der Waals surface area contributed by atoms with E-state index in [1.54, 1.807) is 30.3 Å². The van der Waals surface area contributed by atoms with Gasteiger partial charge in [0.1, 0.15) is 5.82 Å². The molecular weight excluding hydrogens is 325 g/mol. The third-order valence-electron chi connectivity index (χ3n) is 2.77. The standard InChI is InChI=1S/C15H13BrFNO2/c16-11-6-7-13(12(17)8-11)18-15(20)9-14(19)10-4-2-1-3-5-10/h1-8,14,19H,9H2,(H,18,20). The van der Waals surface area contributed by atoms with E-state index in [0.717, 1.165) is 0 Å². The van der Waals surface area contributed by atoms with Crippen LogP contribution in [0.2, 0.25) is 0 Å². The number of hydrogen-bond donors (Lipinski definition) is 2. The maximum atomic E-state index is 13.6. The third-order valence-corrected chi connectivity index (χ3v) is 3.26. The van der Waals surface area contributed by atoms with Crippen molar-refractivity contribution in [2.75, 3.05) is 5.32 Å². The molecule has 1 atom stereocenters. The molecule has 0 aliphatic rings. The van der Waals surface area contributed by atoms with Crippen LogP contribution in [0.5, 0.6) is 0 Å². The summed E-state index contributed by atoms with van der Waals surface area (Å²) in [6, 6.07) is 13.2. The van der Waals surface area contributed by atoms with Gasteiger partial charge in [-0.15, -0.1) is 0 Å². The first-order valence-corrected chi connectivity index (χ1v) is 6.83. The molecule has 2 rings (SSSR count). The van der Waals surface area contributed by atoms with Gasteiger partial charge >= 0.3 is 0 Å². The Kier molecular flexibility index (Phi) is 4.87. The number of carbonyl (C=O) groups is 1. The van der Waals surface area contributed by atoms with E-state index in [9.17, 15) is 14.3 Å². The van der Waals surface area contributed by atoms with Crippen LogP contribution in [0.1, 0.15) is 18.1 Å². The minimum atomic E-state index is -0.908. The zero-order chi connectivity index (χ0) is 14.5. The summed E-state index contributed by atoms with van der Waals surface area (Å²) in [5.41, 5.74) is 0.748. The van der Waals surface area contributed by atoms with Crippen LogP contribution in [0, 0.1) is 5.82 Å². The average Bonchev–Trinajstić information content (AvgIpc) is 2.43. The van der Waals surface area contributed by atoms with Crippen molar-refractivity contribution < 1.29 is 14.3 Å². The van der Waals surface area contributed by atoms with Crippen molar-refractivity contribution in [1.82, 2.24) is 0 Å². The van der Waals surface area contributed by atoms with Crippen molar-refractivity contribution in [3.05, 3.63) is 64.4 Å². The van der Waals surface area contributed by atoms with Gasteiger partial charge in [0, 0.05) is 4.47 Å². The van der Waals surface area contributed by atoms with E-state index in [0.29, 0.717) is 10.0 Å². The second-order valence-corrected chi connectivity index (χ2v) is 5.22. The number of nitrogens with one attached hydrogen (secondary N) is 1. The van der Waals surface area contributed by atoms with E-state index in [4.69, 9.17) is 0 Å². The van der Waals surface area contributed by atoms with Crippen LogP contribution in [0.25, 0.3) is 0 Å². The number of anilines is 1. The lowest BCUT2D eigenvalue weighted by molar-refractivity contribution is -0.118. The van der Waals surface area contributed by atoms with E-state index in [2.05, 4.69) is 21.2 Å². The van der Waals surface area contributed by atoms with E-state index in [-0.39, 0.29) is 12.1 Å². The maximum Gasteiger partial charge on any atom is 0.227 e. The smallest absolute Gasteiger partial charge is 0.227 e. The van der Waals surface area contributed by atoms with E-state index < -0.39 is 17.8 Å². The summed E-state index contributed by atoms with van der Waals surface area (Å²) in [5.74, 6) is -0.968. The molecule has 2 aromatic rings. The fourth-order valence-corrected chi connectivity index (χ4v) is 2.09. The highest BCUT2D eigenvalue weighted by Gasteiger charge is 2.14. The van der Waals surface area contributed by atoms with Crippen molar-refractivity contribution in [2.45, 2.75) is 12.5 Å². The SMILES string of the molecule is O=C(CC(O)c1ccccc1)Nc1ccc(Br)cc1F. The number of rotatable bonds is 4. The van der Waals surface area contributed by atoms with Crippen molar-refractivity contribution in [3.8, 4) is 0 Å². The summed E-state index contributed by atoms with van der Waals surface area (Å²) in [5, 5.41) is 12.4. The molecule has 3 nitrogen and oxygen atoms in total. The summed E-state index contributed by atoms with van der Waals surface area (Å²) >= 11 is 3.14. The van der Waals surface area contributed by atoms with Gasteiger partial charge < -0.3 is 10.4 Å². The number of hydrogen-bond acceptors (Lipinski definition) is 2. The molecule has 104 valence electrons. The molecule has 0 radical (unpaired) electrons. The van der Waals surface area contributed by atoms with Crippen LogP contribution in [0.15, 0.2) is 53.0 Å². The number of carbonyl (C=O) groups excluding carboxylic acids is 1. The molecule has 0 aliphatic heterocycles. The van der Waals surface area contributed by atoms with Gasteiger partial charge in [-0.3, -0.25) is 4.79 Å². The molecule has 1 unspecified atom stereocenters. The predicted molar refractivity (Wildman–Crippen MR) is 78.7 cm³/mol. The van der Waals surface area contributed by atoms with E-state index in [1.807, 2.05) is 6.07 Å². The molecule has 0 heterocycles. The third kappa shape index (κ3) is 3.88. The predicted octanol–water partition coefficient (Wildman–Crippen LogP) is 3.65. The zero-order valence-corrected chi connectivity index (χ0v) is 12.1. The van der Waals surface area contributed by atoms with E-state index in [1.165, 1.54) is 12.1 Å². The number of aliphatic hydroxyl groups is 1. The Morgan fingerprint density at radius 2 is 1.95 bits per heavy atom. The normalized spacial score (nSPS) is 11.9. The summed E-state index contributed by atoms with van der Waals surface area (Å²) in [7, 11) is 0. The van der Waals surface area contributed by atoms with Gasteiger partial charge in [0.05, 0.1) is 18.2 Å². The lowest BCUT2D eigenvalue weighted by Crippen LogP contribution is -2.16. The Morgan fingerprint density at radius 1 is 1.25 bits per heavy atom. The average molecular weight is 338 g/mol. The molecule has 0 saturated heterocycles. The molecule has 0 aliphatic carbocycles. The van der Waals surface area contributed by atoms with Crippen molar-refractivity contribution in [3.63, 3.8) is 0 Å². The van der Waals surface area contributed by atoms with Crippen LogP contribution >= 0.6 is 15.9 Å². The monoisotopic (exact) mass is 337 g/mol. The van der Waals surface area contributed by atoms with Crippen LogP contribution in [-0.2, 0) is 4.79 Å². The Bertz CT molecular complexity index is 604. The summed E-state index contributed by atoms with van der Waals surface area (Å²) in [6.45, 7) is 0. The van der Waals surface area contributed by atoms with Gasteiger partial charge in [-0.1, -0.05) is 46.3 Å². The van der Waals surface area contributed by atoms with Crippen LogP contribution in [-0.4, -0.2) is 11.0 Å². The van der Waals surface area contributed by atoms with Gasteiger partial charge in [-0.2, -0.15) is 0 Å². The second kappa shape index (κ2) is 6.63. The van der Waals surface area contributed by atoms with Gasteiger partial charge in [0.15, 0.2) is 0 Å². The van der Waals surface area contributed by atoms with Gasteiger partial charge in [0.2, 0.25) is 5.91 Å².